The molecule has 0 atom stereocenters. The normalized spacial score (nSPS) is 11.6. The summed E-state index contributed by atoms with van der Waals surface area (Å²) in [7, 11) is 0. The van der Waals surface area contributed by atoms with E-state index in [4.69, 9.17) is 9.47 Å². The van der Waals surface area contributed by atoms with Crippen molar-refractivity contribution in [1.29, 1.82) is 5.26 Å². The number of ether oxygens (including phenoxy) is 2. The second-order valence-corrected chi connectivity index (χ2v) is 10.2. The maximum absolute atomic E-state index is 13.2. The molecule has 0 saturated heterocycles. The zero-order chi connectivity index (χ0) is 25.8. The van der Waals surface area contributed by atoms with Crippen molar-refractivity contribution in [3.05, 3.63) is 62.7 Å². The zero-order valence-electron chi connectivity index (χ0n) is 19.9. The lowest BCUT2D eigenvalue weighted by atomic mass is 10.1. The Bertz CT molecular complexity index is 1310. The molecule has 0 radical (unpaired) electrons. The first-order valence-corrected chi connectivity index (χ1v) is 12.4. The molecule has 0 unspecified atom stereocenters. The number of aromatic nitrogens is 1. The number of hydrogen-bond donors (Lipinski definition) is 1. The number of carbonyl (C=O) groups excluding carboxylic acids is 2. The van der Waals surface area contributed by atoms with Crippen LogP contribution in [0.2, 0.25) is 0 Å². The lowest BCUT2D eigenvalue weighted by molar-refractivity contribution is 0.00745. The Kier molecular flexibility index (Phi) is 8.04. The highest BCUT2D eigenvalue weighted by Crippen LogP contribution is 2.35. The Balaban J connectivity index is 1.94. The fourth-order valence-corrected chi connectivity index (χ4v) is 4.85. The molecular formula is C25H24FN3O4S2. The first-order chi connectivity index (χ1) is 16.5. The van der Waals surface area contributed by atoms with Crippen molar-refractivity contribution in [2.45, 2.75) is 40.2 Å². The number of rotatable bonds is 7. The van der Waals surface area contributed by atoms with Crippen molar-refractivity contribution in [2.75, 3.05) is 11.9 Å². The molecule has 0 spiro atoms. The molecule has 0 aliphatic carbocycles. The van der Waals surface area contributed by atoms with Crippen LogP contribution in [0.5, 0.6) is 0 Å². The van der Waals surface area contributed by atoms with E-state index >= 15 is 0 Å². The average molecular weight is 514 g/mol. The minimum Gasteiger partial charge on any atom is -0.462 e. The van der Waals surface area contributed by atoms with Gasteiger partial charge in [-0.3, -0.25) is 0 Å². The van der Waals surface area contributed by atoms with Gasteiger partial charge >= 0.3 is 11.9 Å². The van der Waals surface area contributed by atoms with Crippen molar-refractivity contribution in [1.82, 2.24) is 4.98 Å². The molecule has 2 heterocycles. The fourth-order valence-electron chi connectivity index (χ4n) is 3.01. The van der Waals surface area contributed by atoms with E-state index in [2.05, 4.69) is 16.4 Å². The van der Waals surface area contributed by atoms with Crippen LogP contribution >= 0.6 is 22.7 Å². The maximum Gasteiger partial charge on any atom is 0.349 e. The van der Waals surface area contributed by atoms with E-state index in [0.717, 1.165) is 16.9 Å². The van der Waals surface area contributed by atoms with Crippen molar-refractivity contribution >= 4 is 45.2 Å². The van der Waals surface area contributed by atoms with Crippen LogP contribution in [0.3, 0.4) is 0 Å². The van der Waals surface area contributed by atoms with E-state index in [1.165, 1.54) is 29.7 Å². The van der Waals surface area contributed by atoms with Gasteiger partial charge in [0, 0.05) is 17.1 Å². The molecule has 10 heteroatoms. The van der Waals surface area contributed by atoms with Gasteiger partial charge in [0.15, 0.2) is 0 Å². The molecular weight excluding hydrogens is 489 g/mol. The first-order valence-electron chi connectivity index (χ1n) is 10.7. The van der Waals surface area contributed by atoms with Gasteiger partial charge in [0.05, 0.1) is 17.9 Å². The third-order valence-electron chi connectivity index (χ3n) is 4.55. The van der Waals surface area contributed by atoms with Crippen LogP contribution in [0.25, 0.3) is 16.8 Å². The number of nitrogens with zero attached hydrogens (tertiary/aromatic N) is 2. The largest absolute Gasteiger partial charge is 0.462 e. The van der Waals surface area contributed by atoms with Gasteiger partial charge in [0.1, 0.15) is 37.9 Å². The van der Waals surface area contributed by atoms with Gasteiger partial charge in [-0.15, -0.1) is 22.7 Å². The van der Waals surface area contributed by atoms with Crippen LogP contribution in [-0.4, -0.2) is 29.1 Å². The fraction of sp³-hybridized carbons (Fsp3) is 0.280. The van der Waals surface area contributed by atoms with Crippen molar-refractivity contribution in [3.8, 4) is 17.3 Å². The molecule has 0 fully saturated rings. The van der Waals surface area contributed by atoms with Crippen LogP contribution in [0, 0.1) is 24.1 Å². The van der Waals surface area contributed by atoms with E-state index in [9.17, 15) is 19.2 Å². The van der Waals surface area contributed by atoms with Gasteiger partial charge in [-0.1, -0.05) is 0 Å². The van der Waals surface area contributed by atoms with Gasteiger partial charge in [-0.05, 0) is 64.4 Å². The minimum absolute atomic E-state index is 0.167. The number of allylic oxidation sites excluding steroid dienone is 1. The third kappa shape index (κ3) is 6.32. The number of thiazole rings is 1. The summed E-state index contributed by atoms with van der Waals surface area (Å²) in [5.41, 5.74) is 1.49. The number of esters is 2. The summed E-state index contributed by atoms with van der Waals surface area (Å²) in [4.78, 5) is 30.1. The Morgan fingerprint density at radius 2 is 1.91 bits per heavy atom. The smallest absolute Gasteiger partial charge is 0.349 e. The first kappa shape index (κ1) is 26.1. The number of thiophene rings is 1. The maximum atomic E-state index is 13.2. The summed E-state index contributed by atoms with van der Waals surface area (Å²) in [6.07, 6.45) is 1.43. The number of hydrogen-bond acceptors (Lipinski definition) is 9. The monoisotopic (exact) mass is 513 g/mol. The minimum atomic E-state index is -0.702. The molecule has 3 aromatic rings. The predicted molar refractivity (Wildman–Crippen MR) is 135 cm³/mol. The highest BCUT2D eigenvalue weighted by Gasteiger charge is 2.28. The summed E-state index contributed by atoms with van der Waals surface area (Å²) in [5.74, 6) is -1.48. The van der Waals surface area contributed by atoms with Crippen LogP contribution in [0.1, 0.15) is 58.3 Å². The predicted octanol–water partition coefficient (Wildman–Crippen LogP) is 6.43. The van der Waals surface area contributed by atoms with Crippen LogP contribution in [0.15, 0.2) is 35.8 Å². The van der Waals surface area contributed by atoms with Gasteiger partial charge in [-0.2, -0.15) is 5.26 Å². The molecule has 1 N–H and O–H groups in total. The third-order valence-corrected chi connectivity index (χ3v) is 6.63. The second kappa shape index (κ2) is 10.8. The zero-order valence-corrected chi connectivity index (χ0v) is 21.5. The van der Waals surface area contributed by atoms with Gasteiger partial charge in [-0.25, -0.2) is 19.0 Å². The molecule has 0 amide bonds. The summed E-state index contributed by atoms with van der Waals surface area (Å²) in [6, 6.07) is 8.00. The molecule has 7 nitrogen and oxygen atoms in total. The Morgan fingerprint density at radius 3 is 2.51 bits per heavy atom. The molecule has 1 aromatic carbocycles. The molecule has 35 heavy (non-hydrogen) atoms. The Labute approximate surface area is 210 Å². The number of nitrogens with one attached hydrogen (secondary N) is 1. The number of nitriles is 1. The van der Waals surface area contributed by atoms with Crippen LogP contribution in [0.4, 0.5) is 9.39 Å². The van der Waals surface area contributed by atoms with Crippen LogP contribution < -0.4 is 5.32 Å². The Hall–Kier alpha value is -3.55. The van der Waals surface area contributed by atoms with Crippen LogP contribution in [-0.2, 0) is 9.47 Å². The van der Waals surface area contributed by atoms with E-state index < -0.39 is 17.5 Å². The van der Waals surface area contributed by atoms with E-state index in [0.29, 0.717) is 21.3 Å². The summed E-state index contributed by atoms with van der Waals surface area (Å²) in [5, 5.41) is 15.3. The highest BCUT2D eigenvalue weighted by molar-refractivity contribution is 7.18. The highest BCUT2D eigenvalue weighted by atomic mass is 32.1. The number of carbonyl (C=O) groups is 2. The van der Waals surface area contributed by atoms with E-state index in [1.54, 1.807) is 52.1 Å². The van der Waals surface area contributed by atoms with Gasteiger partial charge in [0.25, 0.3) is 0 Å². The lowest BCUT2D eigenvalue weighted by Crippen LogP contribution is -2.23. The molecule has 3 rings (SSSR count). The standard InChI is InChI=1S/C25H24FN3O4S2/c1-6-32-23(30)19-14(2)20(24(31)33-25(3,4)5)35-22(19)28-12-16(11-27)21-29-18(13-34-21)15-7-9-17(26)10-8-15/h7-10,12-13,28H,6H2,1-5H3/b16-12-. The SMILES string of the molecule is CCOC(=O)c1c(N/C=C(/C#N)c2nc(-c3ccc(F)cc3)cs2)sc(C(=O)OC(C)(C)C)c1C. The number of halogens is 1. The number of anilines is 1. The summed E-state index contributed by atoms with van der Waals surface area (Å²) in [6.45, 7) is 8.79. The van der Waals surface area contributed by atoms with E-state index in [-0.39, 0.29) is 28.4 Å². The molecule has 0 aliphatic heterocycles. The van der Waals surface area contributed by atoms with E-state index in [1.807, 2.05) is 0 Å². The average Bonchev–Trinajstić information content (AvgIpc) is 3.39. The molecule has 0 saturated carbocycles. The Morgan fingerprint density at radius 1 is 1.23 bits per heavy atom. The molecule has 0 aliphatic rings. The quantitative estimate of drug-likeness (QED) is 0.287. The molecule has 182 valence electrons. The number of benzene rings is 1. The van der Waals surface area contributed by atoms with Gasteiger partial charge in [0.2, 0.25) is 0 Å². The second-order valence-electron chi connectivity index (χ2n) is 8.34. The summed E-state index contributed by atoms with van der Waals surface area (Å²) < 4.78 is 23.9. The topological polar surface area (TPSA) is 101 Å². The van der Waals surface area contributed by atoms with Crippen molar-refractivity contribution < 1.29 is 23.5 Å². The molecule has 2 aromatic heterocycles. The van der Waals surface area contributed by atoms with Gasteiger partial charge < -0.3 is 14.8 Å². The van der Waals surface area contributed by atoms with Crippen molar-refractivity contribution in [2.24, 2.45) is 0 Å². The molecule has 0 bridgehead atoms. The summed E-state index contributed by atoms with van der Waals surface area (Å²) >= 11 is 2.30. The van der Waals surface area contributed by atoms with Crippen molar-refractivity contribution in [3.63, 3.8) is 0 Å². The lowest BCUT2D eigenvalue weighted by Gasteiger charge is -2.19.